The van der Waals surface area contributed by atoms with Gasteiger partial charge in [0.1, 0.15) is 17.2 Å². The van der Waals surface area contributed by atoms with Gasteiger partial charge in [-0.05, 0) is 111 Å². The maximum atomic E-state index is 14.5. The zero-order chi connectivity index (χ0) is 41.3. The quantitative estimate of drug-likeness (QED) is 0.0812. The standard InChI is InChI=1S/C49H61NO8/c1-34-10-9-24-48(2)45(43-22-14-36(26-39(51)18-13-34)27-44(43)47(53)37-15-19-41(55-3)20-16-37)23-25-49(48,54)33-50(29-38-17-21-42(56-4)28-46(38)57-5)30-40(52)32-58-31-35-11-7-6-8-12-35/h6-8,10-12,14-17,19-22,27-28,39-40,45,51-52,54H,9,13,18,23-26,29-33H2,1-5H3. The van der Waals surface area contributed by atoms with E-state index in [1.807, 2.05) is 60.7 Å². The van der Waals surface area contributed by atoms with Crippen molar-refractivity contribution in [2.24, 2.45) is 5.41 Å². The fraction of sp³-hybridized carbons (Fsp3) is 0.449. The van der Waals surface area contributed by atoms with Crippen LogP contribution in [0.1, 0.15) is 96.5 Å². The number of rotatable bonds is 15. The number of ketones is 1. The number of methoxy groups -OCH3 is 3. The first-order valence-electron chi connectivity index (χ1n) is 20.6. The Kier molecular flexibility index (Phi) is 14.5. The normalized spacial score (nSPS) is 22.8. The molecule has 0 aliphatic heterocycles. The molecule has 4 aromatic carbocycles. The summed E-state index contributed by atoms with van der Waals surface area (Å²) in [6, 6.07) is 28.9. The summed E-state index contributed by atoms with van der Waals surface area (Å²) in [5.41, 5.74) is 4.26. The molecule has 9 nitrogen and oxygen atoms in total. The first-order valence-corrected chi connectivity index (χ1v) is 20.6. The highest BCUT2D eigenvalue weighted by Crippen LogP contribution is 2.59. The van der Waals surface area contributed by atoms with Gasteiger partial charge in [0.25, 0.3) is 0 Å². The van der Waals surface area contributed by atoms with Crippen LogP contribution in [-0.4, -0.2) is 84.8 Å². The van der Waals surface area contributed by atoms with Gasteiger partial charge in [-0.3, -0.25) is 9.69 Å². The van der Waals surface area contributed by atoms with Gasteiger partial charge in [-0.1, -0.05) is 67.1 Å². The lowest BCUT2D eigenvalue weighted by Gasteiger charge is -2.46. The van der Waals surface area contributed by atoms with Crippen LogP contribution >= 0.6 is 0 Å². The third-order valence-electron chi connectivity index (χ3n) is 12.5. The van der Waals surface area contributed by atoms with Gasteiger partial charge in [-0.2, -0.15) is 0 Å². The highest BCUT2D eigenvalue weighted by molar-refractivity contribution is 6.10. The van der Waals surface area contributed by atoms with E-state index in [0.717, 1.165) is 35.1 Å². The lowest BCUT2D eigenvalue weighted by atomic mass is 9.64. The SMILES string of the molecule is COc1ccc(C(=O)c2cc3ccc2C2CCC(O)(CN(Cc4ccc(OC)cc4OC)CC(O)COCc4ccccc4)C2(C)CCC=C(C)CCC(O)C3)cc1. The molecule has 2 bridgehead atoms. The van der Waals surface area contributed by atoms with Crippen molar-refractivity contribution in [2.45, 2.75) is 95.7 Å². The number of aliphatic hydroxyl groups excluding tert-OH is 2. The Labute approximate surface area is 344 Å². The van der Waals surface area contributed by atoms with Crippen molar-refractivity contribution < 1.29 is 39.1 Å². The predicted molar refractivity (Wildman–Crippen MR) is 227 cm³/mol. The van der Waals surface area contributed by atoms with Crippen LogP contribution in [0.4, 0.5) is 0 Å². The first-order chi connectivity index (χ1) is 27.9. The zero-order valence-corrected chi connectivity index (χ0v) is 34.8. The maximum Gasteiger partial charge on any atom is 0.193 e. The molecule has 5 unspecified atom stereocenters. The van der Waals surface area contributed by atoms with E-state index in [1.165, 1.54) is 5.57 Å². The Morgan fingerprint density at radius 1 is 0.897 bits per heavy atom. The van der Waals surface area contributed by atoms with Gasteiger partial charge in [0.15, 0.2) is 5.78 Å². The third-order valence-corrected chi connectivity index (χ3v) is 12.5. The Hall–Kier alpha value is -4.51. The number of allylic oxidation sites excluding steroid dienone is 2. The van der Waals surface area contributed by atoms with Crippen molar-refractivity contribution in [1.29, 1.82) is 0 Å². The average Bonchev–Trinajstić information content (AvgIpc) is 3.48. The molecule has 0 aromatic heterocycles. The smallest absolute Gasteiger partial charge is 0.193 e. The number of aliphatic hydroxyl groups is 3. The van der Waals surface area contributed by atoms with E-state index in [9.17, 15) is 20.1 Å². The van der Waals surface area contributed by atoms with Crippen LogP contribution in [0.2, 0.25) is 0 Å². The number of benzene rings is 4. The van der Waals surface area contributed by atoms with Crippen molar-refractivity contribution in [3.63, 3.8) is 0 Å². The van der Waals surface area contributed by atoms with Crippen molar-refractivity contribution in [3.05, 3.63) is 136 Å². The number of carbonyl (C=O) groups is 1. The summed E-state index contributed by atoms with van der Waals surface area (Å²) in [6.07, 6.45) is 5.31. The molecular weight excluding hydrogens is 731 g/mol. The van der Waals surface area contributed by atoms with E-state index in [2.05, 4.69) is 30.9 Å². The third kappa shape index (κ3) is 10.2. The largest absolute Gasteiger partial charge is 0.497 e. The molecule has 310 valence electrons. The lowest BCUT2D eigenvalue weighted by Crippen LogP contribution is -2.53. The van der Waals surface area contributed by atoms with Crippen LogP contribution in [0.3, 0.4) is 0 Å². The number of fused-ring (bicyclic) bond motifs is 8. The van der Waals surface area contributed by atoms with Crippen LogP contribution < -0.4 is 14.2 Å². The number of nitrogens with zero attached hydrogens (tertiary/aromatic N) is 1. The molecule has 0 radical (unpaired) electrons. The minimum absolute atomic E-state index is 0.0959. The van der Waals surface area contributed by atoms with Gasteiger partial charge in [-0.15, -0.1) is 0 Å². The molecule has 3 N–H and O–H groups in total. The molecule has 1 saturated carbocycles. The zero-order valence-electron chi connectivity index (χ0n) is 34.8. The Bertz CT molecular complexity index is 2000. The van der Waals surface area contributed by atoms with Gasteiger partial charge < -0.3 is 34.3 Å². The molecule has 58 heavy (non-hydrogen) atoms. The predicted octanol–water partition coefficient (Wildman–Crippen LogP) is 8.06. The number of carbonyl (C=O) groups excluding carboxylic acids is 1. The summed E-state index contributed by atoms with van der Waals surface area (Å²) < 4.78 is 22.6. The fourth-order valence-corrected chi connectivity index (χ4v) is 9.11. The van der Waals surface area contributed by atoms with Gasteiger partial charge in [0, 0.05) is 47.8 Å². The van der Waals surface area contributed by atoms with Crippen LogP contribution in [0.15, 0.2) is 103 Å². The van der Waals surface area contributed by atoms with Crippen LogP contribution in [0.5, 0.6) is 17.2 Å². The molecule has 7 rings (SSSR count). The number of ether oxygens (including phenoxy) is 4. The Morgan fingerprint density at radius 2 is 1.64 bits per heavy atom. The van der Waals surface area contributed by atoms with Crippen LogP contribution in [0, 0.1) is 5.41 Å². The van der Waals surface area contributed by atoms with Gasteiger partial charge in [-0.25, -0.2) is 0 Å². The van der Waals surface area contributed by atoms with Crippen molar-refractivity contribution >= 4 is 5.78 Å². The highest BCUT2D eigenvalue weighted by atomic mass is 16.5. The first kappa shape index (κ1) is 43.1. The van der Waals surface area contributed by atoms with E-state index >= 15 is 0 Å². The van der Waals surface area contributed by atoms with Crippen molar-refractivity contribution in [2.75, 3.05) is 41.0 Å². The number of hydrogen-bond acceptors (Lipinski definition) is 9. The molecule has 3 aliphatic carbocycles. The average molecular weight is 792 g/mol. The molecule has 0 amide bonds. The summed E-state index contributed by atoms with van der Waals surface area (Å²) in [7, 11) is 4.86. The minimum atomic E-state index is -1.20. The van der Waals surface area contributed by atoms with Gasteiger partial charge in [0.05, 0.1) is 52.4 Å². The Balaban J connectivity index is 1.36. The summed E-state index contributed by atoms with van der Waals surface area (Å²) in [5, 5.41) is 35.8. The molecule has 0 spiro atoms. The number of hydrogen-bond donors (Lipinski definition) is 3. The second-order valence-electron chi connectivity index (χ2n) is 16.5. The second kappa shape index (κ2) is 19.5. The molecule has 5 atom stereocenters. The summed E-state index contributed by atoms with van der Waals surface area (Å²) in [4.78, 5) is 16.6. The van der Waals surface area contributed by atoms with E-state index < -0.39 is 23.2 Å². The van der Waals surface area contributed by atoms with Gasteiger partial charge in [0.2, 0.25) is 0 Å². The lowest BCUT2D eigenvalue weighted by molar-refractivity contribution is -0.0924. The molecule has 0 saturated heterocycles. The summed E-state index contributed by atoms with van der Waals surface area (Å²) in [6.45, 7) is 5.75. The molecular formula is C49H61NO8. The van der Waals surface area contributed by atoms with E-state index in [-0.39, 0.29) is 31.4 Å². The van der Waals surface area contributed by atoms with E-state index in [1.54, 1.807) is 45.6 Å². The molecule has 0 heterocycles. The fourth-order valence-electron chi connectivity index (χ4n) is 9.11. The van der Waals surface area contributed by atoms with Crippen molar-refractivity contribution in [1.82, 2.24) is 4.90 Å². The monoisotopic (exact) mass is 791 g/mol. The van der Waals surface area contributed by atoms with Crippen LogP contribution in [0.25, 0.3) is 0 Å². The highest BCUT2D eigenvalue weighted by Gasteiger charge is 2.57. The van der Waals surface area contributed by atoms with Crippen LogP contribution in [-0.2, 0) is 24.3 Å². The molecule has 3 aliphatic rings. The van der Waals surface area contributed by atoms with E-state index in [0.29, 0.717) is 73.6 Å². The minimum Gasteiger partial charge on any atom is -0.497 e. The second-order valence-corrected chi connectivity index (χ2v) is 16.5. The van der Waals surface area contributed by atoms with Crippen molar-refractivity contribution in [3.8, 4) is 17.2 Å². The molecule has 9 heteroatoms. The Morgan fingerprint density at radius 3 is 2.36 bits per heavy atom. The molecule has 1 fully saturated rings. The molecule has 4 aromatic rings. The van der Waals surface area contributed by atoms with E-state index in [4.69, 9.17) is 18.9 Å². The van der Waals surface area contributed by atoms with Gasteiger partial charge >= 0.3 is 0 Å². The maximum absolute atomic E-state index is 14.5. The summed E-state index contributed by atoms with van der Waals surface area (Å²) in [5.74, 6) is 1.76. The summed E-state index contributed by atoms with van der Waals surface area (Å²) >= 11 is 0. The topological polar surface area (TPSA) is 118 Å².